The smallest absolute Gasteiger partial charge is 0.243 e. The Kier molecular flexibility index (Phi) is 8.82. The van der Waals surface area contributed by atoms with E-state index in [1.807, 2.05) is 68.4 Å². The largest absolute Gasteiger partial charge is 0.352 e. The molecule has 0 bridgehead atoms. The summed E-state index contributed by atoms with van der Waals surface area (Å²) in [6.45, 7) is 4.43. The quantitative estimate of drug-likeness (QED) is 0.379. The summed E-state index contributed by atoms with van der Waals surface area (Å²) in [6, 6.07) is 23.2. The monoisotopic (exact) mass is 502 g/mol. The minimum atomic E-state index is -0.609. The van der Waals surface area contributed by atoms with Crippen molar-refractivity contribution in [3.05, 3.63) is 106 Å². The van der Waals surface area contributed by atoms with Crippen molar-refractivity contribution in [2.45, 2.75) is 71.0 Å². The molecule has 1 N–H and O–H groups in total. The van der Waals surface area contributed by atoms with Gasteiger partial charge in [-0.25, -0.2) is 0 Å². The zero-order chi connectivity index (χ0) is 25.5. The maximum absolute atomic E-state index is 13.9. The Hall–Kier alpha value is -3.11. The summed E-state index contributed by atoms with van der Waals surface area (Å²) >= 11 is 6.12. The van der Waals surface area contributed by atoms with E-state index in [4.69, 9.17) is 11.6 Å². The average molecular weight is 503 g/mol. The summed E-state index contributed by atoms with van der Waals surface area (Å²) in [4.78, 5) is 29.4. The first-order valence-corrected chi connectivity index (χ1v) is 13.2. The average Bonchev–Trinajstić information content (AvgIpc) is 3.35. The molecule has 1 unspecified atom stereocenters. The van der Waals surface area contributed by atoms with E-state index in [0.717, 1.165) is 53.5 Å². The van der Waals surface area contributed by atoms with Crippen molar-refractivity contribution in [3.8, 4) is 0 Å². The van der Waals surface area contributed by atoms with E-state index in [1.54, 1.807) is 4.90 Å². The number of benzene rings is 3. The van der Waals surface area contributed by atoms with Gasteiger partial charge in [0.15, 0.2) is 0 Å². The number of nitrogens with zero attached hydrogens (tertiary/aromatic N) is 1. The Morgan fingerprint density at radius 2 is 1.53 bits per heavy atom. The second-order valence-electron chi connectivity index (χ2n) is 10.0. The first-order chi connectivity index (χ1) is 17.4. The van der Waals surface area contributed by atoms with E-state index < -0.39 is 6.04 Å². The van der Waals surface area contributed by atoms with E-state index in [-0.39, 0.29) is 24.3 Å². The highest BCUT2D eigenvalue weighted by Gasteiger charge is 2.32. The highest BCUT2D eigenvalue weighted by Crippen LogP contribution is 2.21. The maximum atomic E-state index is 13.9. The maximum Gasteiger partial charge on any atom is 0.243 e. The molecule has 2 amide bonds. The van der Waals surface area contributed by atoms with Gasteiger partial charge in [-0.2, -0.15) is 0 Å². The Balaban J connectivity index is 1.66. The van der Waals surface area contributed by atoms with Crippen LogP contribution in [0.5, 0.6) is 0 Å². The van der Waals surface area contributed by atoms with E-state index in [9.17, 15) is 9.59 Å². The molecule has 1 aliphatic rings. The van der Waals surface area contributed by atoms with Crippen LogP contribution in [0.1, 0.15) is 53.5 Å². The molecule has 0 aromatic heterocycles. The summed E-state index contributed by atoms with van der Waals surface area (Å²) in [5.74, 6) is -0.133. The fourth-order valence-electron chi connectivity index (χ4n) is 5.16. The van der Waals surface area contributed by atoms with Crippen LogP contribution in [0.4, 0.5) is 0 Å². The molecule has 1 atom stereocenters. The van der Waals surface area contributed by atoms with Crippen molar-refractivity contribution in [1.82, 2.24) is 10.2 Å². The molecule has 36 heavy (non-hydrogen) atoms. The molecule has 4 rings (SSSR count). The normalized spacial score (nSPS) is 14.4. The third-order valence-electron chi connectivity index (χ3n) is 6.88. The van der Waals surface area contributed by atoms with E-state index in [2.05, 4.69) is 23.5 Å². The predicted octanol–water partition coefficient (Wildman–Crippen LogP) is 6.20. The second-order valence-corrected chi connectivity index (χ2v) is 10.5. The lowest BCUT2D eigenvalue weighted by atomic mass is 10.00. The third kappa shape index (κ3) is 7.20. The highest BCUT2D eigenvalue weighted by molar-refractivity contribution is 6.30. The summed E-state index contributed by atoms with van der Waals surface area (Å²) < 4.78 is 0. The number of carbonyl (C=O) groups excluding carboxylic acids is 2. The zero-order valence-corrected chi connectivity index (χ0v) is 21.9. The molecule has 0 aliphatic heterocycles. The number of nitrogens with one attached hydrogen (secondary N) is 1. The first-order valence-electron chi connectivity index (χ1n) is 12.8. The van der Waals surface area contributed by atoms with E-state index in [1.165, 1.54) is 0 Å². The van der Waals surface area contributed by atoms with Crippen molar-refractivity contribution >= 4 is 23.4 Å². The van der Waals surface area contributed by atoms with Crippen LogP contribution in [-0.2, 0) is 29.0 Å². The van der Waals surface area contributed by atoms with Gasteiger partial charge in [-0.05, 0) is 55.5 Å². The third-order valence-corrected chi connectivity index (χ3v) is 7.13. The standard InChI is InChI=1S/C31H35ClN2O2/c1-22-16-23(2)18-26(17-22)20-30(35)34(21-25-12-14-27(32)15-13-25)29(19-24-8-4-3-5-9-24)31(36)33-28-10-6-7-11-28/h3-5,8-9,12-18,28-29H,6-7,10-11,19-21H2,1-2H3,(H,33,36). The number of halogens is 1. The molecule has 0 spiro atoms. The molecular weight excluding hydrogens is 468 g/mol. The molecule has 1 saturated carbocycles. The lowest BCUT2D eigenvalue weighted by Gasteiger charge is -2.32. The van der Waals surface area contributed by atoms with Gasteiger partial charge >= 0.3 is 0 Å². The number of hydrogen-bond donors (Lipinski definition) is 1. The number of amides is 2. The lowest BCUT2D eigenvalue weighted by Crippen LogP contribution is -2.52. The van der Waals surface area contributed by atoms with Gasteiger partial charge in [-0.15, -0.1) is 0 Å². The number of hydrogen-bond acceptors (Lipinski definition) is 2. The highest BCUT2D eigenvalue weighted by atomic mass is 35.5. The molecule has 0 heterocycles. The number of rotatable bonds is 9. The molecule has 1 fully saturated rings. The zero-order valence-electron chi connectivity index (χ0n) is 21.2. The van der Waals surface area contributed by atoms with E-state index >= 15 is 0 Å². The lowest BCUT2D eigenvalue weighted by molar-refractivity contribution is -0.141. The van der Waals surface area contributed by atoms with Crippen molar-refractivity contribution in [1.29, 1.82) is 0 Å². The fraction of sp³-hybridized carbons (Fsp3) is 0.355. The topological polar surface area (TPSA) is 49.4 Å². The summed E-state index contributed by atoms with van der Waals surface area (Å²) in [6.07, 6.45) is 4.97. The molecule has 3 aromatic carbocycles. The molecule has 0 radical (unpaired) electrons. The van der Waals surface area contributed by atoms with Gasteiger partial charge in [0.2, 0.25) is 11.8 Å². The van der Waals surface area contributed by atoms with Gasteiger partial charge in [-0.1, -0.05) is 96.2 Å². The summed E-state index contributed by atoms with van der Waals surface area (Å²) in [5, 5.41) is 3.90. The van der Waals surface area contributed by atoms with Gasteiger partial charge in [-0.3, -0.25) is 9.59 Å². The van der Waals surface area contributed by atoms with Crippen molar-refractivity contribution in [3.63, 3.8) is 0 Å². The predicted molar refractivity (Wildman–Crippen MR) is 146 cm³/mol. The van der Waals surface area contributed by atoms with Gasteiger partial charge in [0.1, 0.15) is 6.04 Å². The number of carbonyl (C=O) groups is 2. The minimum Gasteiger partial charge on any atom is -0.352 e. The minimum absolute atomic E-state index is 0.0579. The van der Waals surface area contributed by atoms with Crippen molar-refractivity contribution in [2.75, 3.05) is 0 Å². The van der Waals surface area contributed by atoms with Gasteiger partial charge in [0, 0.05) is 24.0 Å². The van der Waals surface area contributed by atoms with Gasteiger partial charge < -0.3 is 10.2 Å². The molecule has 1 aliphatic carbocycles. The van der Waals surface area contributed by atoms with Crippen LogP contribution in [0.15, 0.2) is 72.8 Å². The summed E-state index contributed by atoms with van der Waals surface area (Å²) in [7, 11) is 0. The molecule has 0 saturated heterocycles. The van der Waals surface area contributed by atoms with E-state index in [0.29, 0.717) is 18.0 Å². The van der Waals surface area contributed by atoms with Crippen LogP contribution in [-0.4, -0.2) is 28.8 Å². The fourth-order valence-corrected chi connectivity index (χ4v) is 5.28. The van der Waals surface area contributed by atoms with Gasteiger partial charge in [0.05, 0.1) is 6.42 Å². The Morgan fingerprint density at radius 1 is 0.889 bits per heavy atom. The molecule has 4 nitrogen and oxygen atoms in total. The van der Waals surface area contributed by atoms with Crippen molar-refractivity contribution in [2.24, 2.45) is 0 Å². The van der Waals surface area contributed by atoms with Gasteiger partial charge in [0.25, 0.3) is 0 Å². The molecule has 5 heteroatoms. The van der Waals surface area contributed by atoms with Crippen LogP contribution in [0.3, 0.4) is 0 Å². The molecule has 3 aromatic rings. The van der Waals surface area contributed by atoms with Crippen LogP contribution in [0, 0.1) is 13.8 Å². The van der Waals surface area contributed by atoms with Crippen LogP contribution >= 0.6 is 11.6 Å². The molecular formula is C31H35ClN2O2. The Morgan fingerprint density at radius 3 is 2.17 bits per heavy atom. The second kappa shape index (κ2) is 12.2. The van der Waals surface area contributed by atoms with Crippen LogP contribution in [0.25, 0.3) is 0 Å². The first kappa shape index (κ1) is 26.0. The SMILES string of the molecule is Cc1cc(C)cc(CC(=O)N(Cc2ccc(Cl)cc2)C(Cc2ccccc2)C(=O)NC2CCCC2)c1. The van der Waals surface area contributed by atoms with Crippen molar-refractivity contribution < 1.29 is 9.59 Å². The molecule has 188 valence electrons. The number of aryl methyl sites for hydroxylation is 2. The summed E-state index contributed by atoms with van der Waals surface area (Å²) in [5.41, 5.74) is 5.20. The Bertz CT molecular complexity index is 1150. The Labute approximate surface area is 219 Å². The van der Waals surface area contributed by atoms with Crippen LogP contribution < -0.4 is 5.32 Å². The van der Waals surface area contributed by atoms with Crippen LogP contribution in [0.2, 0.25) is 5.02 Å².